The van der Waals surface area contributed by atoms with Crippen LogP contribution in [-0.4, -0.2) is 24.3 Å². The van der Waals surface area contributed by atoms with Gasteiger partial charge in [0.1, 0.15) is 0 Å². The molecule has 0 radical (unpaired) electrons. The van der Waals surface area contributed by atoms with Crippen molar-refractivity contribution in [2.24, 2.45) is 5.10 Å². The Morgan fingerprint density at radius 3 is 2.86 bits per heavy atom. The Morgan fingerprint density at radius 1 is 1.41 bits per heavy atom. The summed E-state index contributed by atoms with van der Waals surface area (Å²) >= 11 is 9.20. The normalized spacial score (nSPS) is 10.7. The van der Waals surface area contributed by atoms with Crippen LogP contribution in [0.1, 0.15) is 15.9 Å². The molecule has 2 aromatic carbocycles. The van der Waals surface area contributed by atoms with E-state index < -0.39 is 0 Å². The molecule has 0 heterocycles. The number of hydrogen-bond acceptors (Lipinski definition) is 4. The molecule has 0 bridgehead atoms. The van der Waals surface area contributed by atoms with Gasteiger partial charge in [-0.15, -0.1) is 0 Å². The van der Waals surface area contributed by atoms with Gasteiger partial charge in [0.2, 0.25) is 0 Å². The van der Waals surface area contributed by atoms with Crippen molar-refractivity contribution in [3.05, 3.63) is 57.0 Å². The maximum Gasteiger partial charge on any atom is 0.271 e. The first-order chi connectivity index (χ1) is 10.5. The molecule has 2 aromatic rings. The van der Waals surface area contributed by atoms with Crippen LogP contribution in [0.2, 0.25) is 5.02 Å². The Kier molecular flexibility index (Phi) is 5.41. The van der Waals surface area contributed by atoms with Gasteiger partial charge in [0.15, 0.2) is 11.5 Å². The maximum atomic E-state index is 11.9. The zero-order chi connectivity index (χ0) is 16.1. The van der Waals surface area contributed by atoms with E-state index in [2.05, 4.69) is 26.5 Å². The highest BCUT2D eigenvalue weighted by atomic mass is 79.9. The summed E-state index contributed by atoms with van der Waals surface area (Å²) in [5, 5.41) is 14.1. The van der Waals surface area contributed by atoms with E-state index in [-0.39, 0.29) is 17.4 Å². The fourth-order valence-electron chi connectivity index (χ4n) is 1.70. The topological polar surface area (TPSA) is 70.9 Å². The summed E-state index contributed by atoms with van der Waals surface area (Å²) in [6.45, 7) is 0. The Morgan fingerprint density at radius 2 is 2.18 bits per heavy atom. The van der Waals surface area contributed by atoms with Gasteiger partial charge in [0, 0.05) is 26.7 Å². The van der Waals surface area contributed by atoms with Gasteiger partial charge in [0.05, 0.1) is 13.3 Å². The molecule has 7 heteroatoms. The molecule has 1 amide bonds. The van der Waals surface area contributed by atoms with E-state index >= 15 is 0 Å². The van der Waals surface area contributed by atoms with E-state index in [9.17, 15) is 9.90 Å². The minimum Gasteiger partial charge on any atom is -0.504 e. The molecule has 2 N–H and O–H groups in total. The van der Waals surface area contributed by atoms with Gasteiger partial charge in [-0.05, 0) is 24.3 Å². The van der Waals surface area contributed by atoms with Crippen LogP contribution >= 0.6 is 27.5 Å². The largest absolute Gasteiger partial charge is 0.504 e. The lowest BCUT2D eigenvalue weighted by molar-refractivity contribution is 0.0955. The van der Waals surface area contributed by atoms with Crippen molar-refractivity contribution >= 4 is 39.7 Å². The number of carbonyl (C=O) groups is 1. The molecule has 0 unspecified atom stereocenters. The molecular weight excluding hydrogens is 372 g/mol. The number of nitrogens with zero attached hydrogens (tertiary/aromatic N) is 1. The van der Waals surface area contributed by atoms with Crippen LogP contribution in [0.25, 0.3) is 0 Å². The highest BCUT2D eigenvalue weighted by Crippen LogP contribution is 2.32. The first kappa shape index (κ1) is 16.3. The third kappa shape index (κ3) is 3.99. The molecule has 0 fully saturated rings. The van der Waals surface area contributed by atoms with Crippen molar-refractivity contribution in [2.75, 3.05) is 7.11 Å². The van der Waals surface area contributed by atoms with Crippen LogP contribution < -0.4 is 10.2 Å². The molecule has 22 heavy (non-hydrogen) atoms. The predicted molar refractivity (Wildman–Crippen MR) is 88.9 cm³/mol. The summed E-state index contributed by atoms with van der Waals surface area (Å²) in [6.07, 6.45) is 1.29. The maximum absolute atomic E-state index is 11.9. The molecule has 0 saturated carbocycles. The summed E-state index contributed by atoms with van der Waals surface area (Å²) in [7, 11) is 1.42. The van der Waals surface area contributed by atoms with Gasteiger partial charge in [-0.3, -0.25) is 4.79 Å². The average Bonchev–Trinajstić information content (AvgIpc) is 2.50. The van der Waals surface area contributed by atoms with E-state index in [1.165, 1.54) is 25.5 Å². The van der Waals surface area contributed by atoms with Gasteiger partial charge in [0.25, 0.3) is 5.91 Å². The van der Waals surface area contributed by atoms with E-state index in [0.29, 0.717) is 16.1 Å². The van der Waals surface area contributed by atoms with Crippen molar-refractivity contribution in [1.82, 2.24) is 5.43 Å². The second-order valence-corrected chi connectivity index (χ2v) is 5.61. The molecule has 2 rings (SSSR count). The molecule has 0 aliphatic heterocycles. The number of rotatable bonds is 4. The summed E-state index contributed by atoms with van der Waals surface area (Å²) in [5.41, 5.74) is 3.16. The van der Waals surface area contributed by atoms with Crippen molar-refractivity contribution in [3.8, 4) is 11.5 Å². The SMILES string of the molecule is COc1cc(Cl)cc(C=NNC(=O)c2cccc(Br)c2)c1O. The molecule has 0 atom stereocenters. The van der Waals surface area contributed by atoms with Crippen LogP contribution in [0.3, 0.4) is 0 Å². The summed E-state index contributed by atoms with van der Waals surface area (Å²) < 4.78 is 5.78. The zero-order valence-electron chi connectivity index (χ0n) is 11.5. The highest BCUT2D eigenvalue weighted by Gasteiger charge is 2.09. The van der Waals surface area contributed by atoms with E-state index in [1.807, 2.05) is 6.07 Å². The number of aromatic hydroxyl groups is 1. The van der Waals surface area contributed by atoms with Crippen LogP contribution in [0.4, 0.5) is 0 Å². The molecule has 5 nitrogen and oxygen atoms in total. The van der Waals surface area contributed by atoms with Crippen molar-refractivity contribution in [3.63, 3.8) is 0 Å². The van der Waals surface area contributed by atoms with Crippen molar-refractivity contribution < 1.29 is 14.6 Å². The Bertz CT molecular complexity index is 735. The monoisotopic (exact) mass is 382 g/mol. The Balaban J connectivity index is 2.13. The molecule has 0 saturated heterocycles. The van der Waals surface area contributed by atoms with E-state index in [0.717, 1.165) is 4.47 Å². The fraction of sp³-hybridized carbons (Fsp3) is 0.0667. The first-order valence-corrected chi connectivity index (χ1v) is 7.34. The van der Waals surface area contributed by atoms with Crippen molar-refractivity contribution in [2.45, 2.75) is 0 Å². The van der Waals surface area contributed by atoms with Crippen LogP contribution in [0, 0.1) is 0 Å². The minimum absolute atomic E-state index is 0.104. The molecule has 0 aliphatic carbocycles. The number of hydrazone groups is 1. The third-order valence-corrected chi connectivity index (χ3v) is 3.46. The van der Waals surface area contributed by atoms with E-state index in [1.54, 1.807) is 18.2 Å². The molecule has 0 spiro atoms. The highest BCUT2D eigenvalue weighted by molar-refractivity contribution is 9.10. The lowest BCUT2D eigenvalue weighted by Crippen LogP contribution is -2.17. The van der Waals surface area contributed by atoms with Gasteiger partial charge in [-0.2, -0.15) is 5.10 Å². The minimum atomic E-state index is -0.369. The number of benzene rings is 2. The number of hydrogen-bond donors (Lipinski definition) is 2. The number of ether oxygens (including phenoxy) is 1. The number of halogens is 2. The summed E-state index contributed by atoms with van der Waals surface area (Å²) in [6, 6.07) is 9.88. The van der Waals surface area contributed by atoms with Gasteiger partial charge in [-0.1, -0.05) is 33.6 Å². The number of phenolic OH excluding ortho intramolecular Hbond substituents is 1. The van der Waals surface area contributed by atoms with Gasteiger partial charge in [-0.25, -0.2) is 5.43 Å². The molecule has 114 valence electrons. The standard InChI is InChI=1S/C15H12BrClN2O3/c1-22-13-7-12(17)6-10(14(13)20)8-18-19-15(21)9-3-2-4-11(16)5-9/h2-8,20H,1H3,(H,19,21). The summed E-state index contributed by atoms with van der Waals surface area (Å²) in [5.74, 6) is -0.245. The lowest BCUT2D eigenvalue weighted by atomic mass is 10.2. The first-order valence-electron chi connectivity index (χ1n) is 6.16. The van der Waals surface area contributed by atoms with Crippen molar-refractivity contribution in [1.29, 1.82) is 0 Å². The van der Waals surface area contributed by atoms with Crippen LogP contribution in [0.5, 0.6) is 11.5 Å². The predicted octanol–water partition coefficient (Wildman–Crippen LogP) is 3.58. The summed E-state index contributed by atoms with van der Waals surface area (Å²) in [4.78, 5) is 11.9. The van der Waals surface area contributed by atoms with Crippen LogP contribution in [-0.2, 0) is 0 Å². The average molecular weight is 384 g/mol. The quantitative estimate of drug-likeness (QED) is 0.626. The Labute approximate surface area is 140 Å². The lowest BCUT2D eigenvalue weighted by Gasteiger charge is -2.06. The number of methoxy groups -OCH3 is 1. The fourth-order valence-corrected chi connectivity index (χ4v) is 2.32. The second kappa shape index (κ2) is 7.29. The number of phenols is 1. The molecular formula is C15H12BrClN2O3. The Hall–Kier alpha value is -2.05. The number of amides is 1. The smallest absolute Gasteiger partial charge is 0.271 e. The number of carbonyl (C=O) groups excluding carboxylic acids is 1. The zero-order valence-corrected chi connectivity index (χ0v) is 13.9. The molecule has 0 aromatic heterocycles. The third-order valence-electron chi connectivity index (χ3n) is 2.75. The number of nitrogens with one attached hydrogen (secondary N) is 1. The van der Waals surface area contributed by atoms with Gasteiger partial charge < -0.3 is 9.84 Å². The van der Waals surface area contributed by atoms with Crippen LogP contribution in [0.15, 0.2) is 46.0 Å². The molecule has 0 aliphatic rings. The van der Waals surface area contributed by atoms with E-state index in [4.69, 9.17) is 16.3 Å². The van der Waals surface area contributed by atoms with Gasteiger partial charge >= 0.3 is 0 Å². The second-order valence-electron chi connectivity index (χ2n) is 4.26.